The predicted octanol–water partition coefficient (Wildman–Crippen LogP) is 2.98. The second kappa shape index (κ2) is 8.85. The molecule has 0 aromatic heterocycles. The van der Waals surface area contributed by atoms with Gasteiger partial charge in [-0.1, -0.05) is 11.6 Å². The van der Waals surface area contributed by atoms with Crippen molar-refractivity contribution in [2.75, 3.05) is 18.3 Å². The number of epoxide rings is 1. The highest BCUT2D eigenvalue weighted by molar-refractivity contribution is 7.95. The van der Waals surface area contributed by atoms with Crippen molar-refractivity contribution in [2.24, 2.45) is 5.92 Å². The first-order chi connectivity index (χ1) is 12.5. The van der Waals surface area contributed by atoms with E-state index in [9.17, 15) is 14.7 Å². The molecule has 2 rings (SSSR count). The van der Waals surface area contributed by atoms with Gasteiger partial charge in [-0.2, -0.15) is 0 Å². The van der Waals surface area contributed by atoms with Gasteiger partial charge in [0.1, 0.15) is 23.9 Å². The minimum atomic E-state index is -0.827. The molecular weight excluding hydrogens is 388 g/mol. The van der Waals surface area contributed by atoms with E-state index >= 15 is 0 Å². The lowest BCUT2D eigenvalue weighted by Gasteiger charge is -2.43. The number of carbonyl (C=O) groups excluding carboxylic acids is 2. The SMILES string of the molecule is CC(C)=CC[C@H]1O[C@@]1(C)[C@H]1C[C@H](OC(=O)CC(=O)Cl)CC[C@]1(O)C[S+](C)C. The number of carbonyl (C=O) groups is 2. The van der Waals surface area contributed by atoms with Gasteiger partial charge in [-0.15, -0.1) is 0 Å². The van der Waals surface area contributed by atoms with Crippen molar-refractivity contribution in [1.82, 2.24) is 0 Å². The van der Waals surface area contributed by atoms with Gasteiger partial charge in [0.15, 0.2) is 0 Å². The second-order valence-electron chi connectivity index (χ2n) is 8.51. The molecule has 2 fully saturated rings. The zero-order valence-electron chi connectivity index (χ0n) is 16.9. The van der Waals surface area contributed by atoms with Crippen molar-refractivity contribution in [3.63, 3.8) is 0 Å². The lowest BCUT2D eigenvalue weighted by atomic mass is 9.68. The molecule has 0 spiro atoms. The summed E-state index contributed by atoms with van der Waals surface area (Å²) in [6.07, 6.45) is 8.25. The van der Waals surface area contributed by atoms with Gasteiger partial charge in [-0.05, 0) is 69.0 Å². The highest BCUT2D eigenvalue weighted by Crippen LogP contribution is 2.54. The summed E-state index contributed by atoms with van der Waals surface area (Å²) >= 11 is 5.28. The third-order valence-corrected chi connectivity index (χ3v) is 6.79. The molecule has 5 nitrogen and oxygen atoms in total. The van der Waals surface area contributed by atoms with Crippen LogP contribution < -0.4 is 0 Å². The van der Waals surface area contributed by atoms with Crippen LogP contribution >= 0.6 is 11.6 Å². The average molecular weight is 420 g/mol. The van der Waals surface area contributed by atoms with Crippen LogP contribution in [0.25, 0.3) is 0 Å². The van der Waals surface area contributed by atoms with Crippen LogP contribution in [0.1, 0.15) is 52.9 Å². The number of aliphatic hydroxyl groups is 1. The molecule has 27 heavy (non-hydrogen) atoms. The van der Waals surface area contributed by atoms with E-state index in [1.54, 1.807) is 0 Å². The third kappa shape index (κ3) is 5.96. The van der Waals surface area contributed by atoms with E-state index in [1.807, 2.05) is 0 Å². The minimum absolute atomic E-state index is 0.0679. The first-order valence-electron chi connectivity index (χ1n) is 9.42. The summed E-state index contributed by atoms with van der Waals surface area (Å²) in [5, 5.41) is 10.7. The quantitative estimate of drug-likeness (QED) is 0.163. The summed E-state index contributed by atoms with van der Waals surface area (Å²) in [5.41, 5.74) is -0.00676. The fourth-order valence-electron chi connectivity index (χ4n) is 4.28. The van der Waals surface area contributed by atoms with E-state index in [0.29, 0.717) is 25.0 Å². The number of allylic oxidation sites excluding steroid dienone is 1. The van der Waals surface area contributed by atoms with Crippen LogP contribution in [-0.2, 0) is 30.0 Å². The monoisotopic (exact) mass is 419 g/mol. The molecule has 1 saturated heterocycles. The molecule has 154 valence electrons. The van der Waals surface area contributed by atoms with Crippen LogP contribution in [0, 0.1) is 5.92 Å². The van der Waals surface area contributed by atoms with Crippen molar-refractivity contribution in [1.29, 1.82) is 0 Å². The third-order valence-electron chi connectivity index (χ3n) is 5.58. The fourth-order valence-corrected chi connectivity index (χ4v) is 5.73. The lowest BCUT2D eigenvalue weighted by Crippen LogP contribution is -2.55. The van der Waals surface area contributed by atoms with Gasteiger partial charge in [-0.3, -0.25) is 9.59 Å². The molecule has 1 N–H and O–H groups in total. The van der Waals surface area contributed by atoms with Gasteiger partial charge in [0.25, 0.3) is 0 Å². The Bertz CT molecular complexity index is 603. The minimum Gasteiger partial charge on any atom is -0.462 e. The summed E-state index contributed by atoms with van der Waals surface area (Å²) < 4.78 is 11.5. The van der Waals surface area contributed by atoms with E-state index in [1.165, 1.54) is 5.57 Å². The first-order valence-corrected chi connectivity index (χ1v) is 12.0. The molecule has 2 aliphatic rings. The molecule has 0 aromatic rings. The number of hydrogen-bond donors (Lipinski definition) is 1. The van der Waals surface area contributed by atoms with Gasteiger partial charge in [0, 0.05) is 5.92 Å². The van der Waals surface area contributed by atoms with Crippen LogP contribution in [0.15, 0.2) is 11.6 Å². The Hall–Kier alpha value is -0.560. The normalized spacial score (nSPS) is 35.6. The molecule has 0 radical (unpaired) electrons. The number of rotatable bonds is 8. The van der Waals surface area contributed by atoms with E-state index in [2.05, 4.69) is 39.4 Å². The van der Waals surface area contributed by atoms with E-state index in [0.717, 1.165) is 6.42 Å². The highest BCUT2D eigenvalue weighted by atomic mass is 35.5. The van der Waals surface area contributed by atoms with Gasteiger partial charge < -0.3 is 14.6 Å². The Morgan fingerprint density at radius 2 is 2.04 bits per heavy atom. The fraction of sp³-hybridized carbons (Fsp3) is 0.800. The zero-order valence-corrected chi connectivity index (χ0v) is 18.5. The van der Waals surface area contributed by atoms with E-state index in [-0.39, 0.29) is 29.0 Å². The topological polar surface area (TPSA) is 76.1 Å². The molecule has 7 heteroatoms. The molecule has 0 aromatic carbocycles. The Kier molecular flexibility index (Phi) is 7.45. The Morgan fingerprint density at radius 1 is 1.37 bits per heavy atom. The average Bonchev–Trinajstić information content (AvgIpc) is 3.17. The van der Waals surface area contributed by atoms with Crippen molar-refractivity contribution in [2.45, 2.75) is 76.3 Å². The molecule has 1 heterocycles. The van der Waals surface area contributed by atoms with E-state index in [4.69, 9.17) is 21.1 Å². The molecule has 1 saturated carbocycles. The van der Waals surface area contributed by atoms with Gasteiger partial charge in [0.05, 0.1) is 24.2 Å². The van der Waals surface area contributed by atoms with Crippen molar-refractivity contribution >= 4 is 33.7 Å². The Labute approximate surface area is 170 Å². The number of ether oxygens (including phenoxy) is 2. The lowest BCUT2D eigenvalue weighted by molar-refractivity contribution is -0.159. The largest absolute Gasteiger partial charge is 0.462 e. The number of halogens is 1. The Morgan fingerprint density at radius 3 is 2.59 bits per heavy atom. The summed E-state index contributed by atoms with van der Waals surface area (Å²) in [6.45, 7) is 6.18. The van der Waals surface area contributed by atoms with Crippen LogP contribution in [0.4, 0.5) is 0 Å². The maximum atomic E-state index is 11.8. The van der Waals surface area contributed by atoms with E-state index < -0.39 is 28.8 Å². The zero-order chi connectivity index (χ0) is 20.4. The summed E-state index contributed by atoms with van der Waals surface area (Å²) in [6, 6.07) is 0. The van der Waals surface area contributed by atoms with Crippen molar-refractivity contribution < 1.29 is 24.2 Å². The number of esters is 1. The molecule has 1 aliphatic heterocycles. The van der Waals surface area contributed by atoms with Crippen LogP contribution in [-0.4, -0.2) is 58.0 Å². The number of hydrogen-bond acceptors (Lipinski definition) is 5. The molecular formula is C20H32ClO5S+. The Balaban J connectivity index is 2.13. The first kappa shape index (κ1) is 22.7. The second-order valence-corrected chi connectivity index (χ2v) is 11.2. The maximum Gasteiger partial charge on any atom is 0.314 e. The summed E-state index contributed by atoms with van der Waals surface area (Å²) in [7, 11) is 0.0804. The molecule has 0 bridgehead atoms. The van der Waals surface area contributed by atoms with Gasteiger partial charge in [0.2, 0.25) is 5.24 Å². The van der Waals surface area contributed by atoms with Crippen molar-refractivity contribution in [3.05, 3.63) is 11.6 Å². The smallest absolute Gasteiger partial charge is 0.314 e. The standard InChI is InChI=1S/C20H32ClO5S/c1-13(2)6-7-16-19(3,26-16)15-10-14(25-18(23)11-17(21)22)8-9-20(15,24)12-27(4)5/h6,14-16,24H,7-12H2,1-5H3/q+1/t14-,15-,16-,19+,20+/m1/s1. The molecule has 0 amide bonds. The molecule has 0 unspecified atom stereocenters. The predicted molar refractivity (Wildman–Crippen MR) is 109 cm³/mol. The van der Waals surface area contributed by atoms with Gasteiger partial charge in [-0.25, -0.2) is 0 Å². The summed E-state index contributed by atoms with van der Waals surface area (Å²) in [4.78, 5) is 22.8. The van der Waals surface area contributed by atoms with Crippen LogP contribution in [0.2, 0.25) is 0 Å². The highest BCUT2D eigenvalue weighted by Gasteiger charge is 2.65. The molecule has 5 atom stereocenters. The van der Waals surface area contributed by atoms with Crippen LogP contribution in [0.3, 0.4) is 0 Å². The van der Waals surface area contributed by atoms with Crippen molar-refractivity contribution in [3.8, 4) is 0 Å². The van der Waals surface area contributed by atoms with Gasteiger partial charge >= 0.3 is 5.97 Å². The summed E-state index contributed by atoms with van der Waals surface area (Å²) in [5.74, 6) is -0.00102. The maximum absolute atomic E-state index is 11.8. The molecule has 1 aliphatic carbocycles. The van der Waals surface area contributed by atoms with Crippen LogP contribution in [0.5, 0.6) is 0 Å².